The van der Waals surface area contributed by atoms with Gasteiger partial charge in [-0.05, 0) is 29.5 Å². The molecule has 1 unspecified atom stereocenters. The molecule has 1 atom stereocenters. The van der Waals surface area contributed by atoms with Gasteiger partial charge in [0.2, 0.25) is 5.91 Å². The third kappa shape index (κ3) is 2.01. The van der Waals surface area contributed by atoms with E-state index in [9.17, 15) is 4.79 Å². The zero-order valence-electron chi connectivity index (χ0n) is 9.84. The molecule has 1 aromatic carbocycles. The summed E-state index contributed by atoms with van der Waals surface area (Å²) in [6.07, 6.45) is 4.25. The van der Waals surface area contributed by atoms with E-state index in [0.717, 1.165) is 28.3 Å². The van der Waals surface area contributed by atoms with Crippen LogP contribution in [0.3, 0.4) is 0 Å². The molecule has 3 rings (SSSR count). The molecule has 1 aliphatic heterocycles. The normalized spacial score (nSPS) is 19.7. The molecule has 0 saturated carbocycles. The number of nitrogens with zero attached hydrogens (tertiary/aromatic N) is 2. The fourth-order valence-electron chi connectivity index (χ4n) is 2.37. The van der Waals surface area contributed by atoms with Crippen LogP contribution in [-0.2, 0) is 4.79 Å². The maximum atomic E-state index is 12.0. The molecule has 0 N–H and O–H groups in total. The molecule has 0 spiro atoms. The Bertz CT molecular complexity index is 599. The molecule has 2 heterocycles. The van der Waals surface area contributed by atoms with Crippen LogP contribution in [0.2, 0.25) is 0 Å². The third-order valence-electron chi connectivity index (χ3n) is 3.36. The molecule has 1 amide bonds. The lowest BCUT2D eigenvalue weighted by atomic mass is 10.1. The maximum absolute atomic E-state index is 12.0. The van der Waals surface area contributed by atoms with E-state index in [2.05, 4.69) is 27.0 Å². The second-order valence-corrected chi connectivity index (χ2v) is 5.28. The fourth-order valence-corrected chi connectivity index (χ4v) is 2.81. The number of hydrogen-bond donors (Lipinski definition) is 0. The first-order chi connectivity index (χ1) is 8.78. The van der Waals surface area contributed by atoms with Crippen molar-refractivity contribution in [2.75, 3.05) is 16.8 Å². The first-order valence-electron chi connectivity index (χ1n) is 5.98. The highest BCUT2D eigenvalue weighted by Gasteiger charge is 2.29. The quantitative estimate of drug-likeness (QED) is 0.799. The van der Waals surface area contributed by atoms with Gasteiger partial charge < -0.3 is 4.90 Å². The first kappa shape index (κ1) is 11.7. The molecule has 1 aliphatic rings. The molecule has 0 bridgehead atoms. The van der Waals surface area contributed by atoms with E-state index in [1.807, 2.05) is 29.3 Å². The highest BCUT2D eigenvalue weighted by atomic mass is 79.9. The largest absolute Gasteiger partial charge is 0.312 e. The van der Waals surface area contributed by atoms with E-state index in [-0.39, 0.29) is 5.91 Å². The Balaban J connectivity index is 1.97. The van der Waals surface area contributed by atoms with Gasteiger partial charge in [-0.1, -0.05) is 22.0 Å². The molecule has 1 fully saturated rings. The van der Waals surface area contributed by atoms with Gasteiger partial charge in [0.15, 0.2) is 0 Å². The number of rotatable bonds is 2. The molecular formula is C14H13BrN2O. The number of carbonyl (C=O) groups is 1. The summed E-state index contributed by atoms with van der Waals surface area (Å²) < 4.78 is 0. The lowest BCUT2D eigenvalue weighted by molar-refractivity contribution is -0.117. The SMILES string of the molecule is O=C1CC(CBr)CN1c1ccc2cnccc2c1. The Morgan fingerprint density at radius 3 is 3.00 bits per heavy atom. The third-order valence-corrected chi connectivity index (χ3v) is 4.27. The van der Waals surface area contributed by atoms with Gasteiger partial charge in [0.05, 0.1) is 0 Å². The average molecular weight is 305 g/mol. The minimum Gasteiger partial charge on any atom is -0.312 e. The van der Waals surface area contributed by atoms with Crippen molar-refractivity contribution in [3.8, 4) is 0 Å². The van der Waals surface area contributed by atoms with Crippen LogP contribution in [0.1, 0.15) is 6.42 Å². The van der Waals surface area contributed by atoms with Gasteiger partial charge in [-0.25, -0.2) is 0 Å². The summed E-state index contributed by atoms with van der Waals surface area (Å²) in [4.78, 5) is 17.9. The molecule has 0 aliphatic carbocycles. The van der Waals surface area contributed by atoms with Gasteiger partial charge in [-0.3, -0.25) is 9.78 Å². The van der Waals surface area contributed by atoms with Gasteiger partial charge in [0.1, 0.15) is 0 Å². The van der Waals surface area contributed by atoms with Crippen LogP contribution in [0.4, 0.5) is 5.69 Å². The predicted molar refractivity (Wildman–Crippen MR) is 76.0 cm³/mol. The lowest BCUT2D eigenvalue weighted by Crippen LogP contribution is -2.24. The monoisotopic (exact) mass is 304 g/mol. The highest BCUT2D eigenvalue weighted by molar-refractivity contribution is 9.09. The Morgan fingerprint density at radius 2 is 2.22 bits per heavy atom. The number of fused-ring (bicyclic) bond motifs is 1. The summed E-state index contributed by atoms with van der Waals surface area (Å²) in [6, 6.07) is 8.05. The zero-order chi connectivity index (χ0) is 12.5. The standard InChI is InChI=1S/C14H13BrN2O/c15-7-10-5-14(18)17(9-10)13-2-1-12-8-16-4-3-11(12)6-13/h1-4,6,8,10H,5,7,9H2. The summed E-state index contributed by atoms with van der Waals surface area (Å²) in [5.41, 5.74) is 0.988. The average Bonchev–Trinajstić information content (AvgIpc) is 2.79. The van der Waals surface area contributed by atoms with Crippen LogP contribution in [0.25, 0.3) is 10.8 Å². The number of hydrogen-bond acceptors (Lipinski definition) is 2. The Kier molecular flexibility index (Phi) is 3.04. The topological polar surface area (TPSA) is 33.2 Å². The van der Waals surface area contributed by atoms with Crippen molar-refractivity contribution in [3.05, 3.63) is 36.7 Å². The zero-order valence-corrected chi connectivity index (χ0v) is 11.4. The summed E-state index contributed by atoms with van der Waals surface area (Å²) in [6.45, 7) is 0.806. The number of carbonyl (C=O) groups excluding carboxylic acids is 1. The van der Waals surface area contributed by atoms with Crippen LogP contribution in [0.15, 0.2) is 36.7 Å². The molecule has 0 radical (unpaired) electrons. The summed E-state index contributed by atoms with van der Waals surface area (Å²) in [5.74, 6) is 0.637. The van der Waals surface area contributed by atoms with E-state index < -0.39 is 0 Å². The van der Waals surface area contributed by atoms with E-state index >= 15 is 0 Å². The van der Waals surface area contributed by atoms with Gasteiger partial charge in [-0.2, -0.15) is 0 Å². The first-order valence-corrected chi connectivity index (χ1v) is 7.10. The number of aromatic nitrogens is 1. The van der Waals surface area contributed by atoms with Crippen molar-refractivity contribution >= 4 is 38.3 Å². The lowest BCUT2D eigenvalue weighted by Gasteiger charge is -2.17. The molecular weight excluding hydrogens is 292 g/mol. The number of alkyl halides is 1. The molecule has 4 heteroatoms. The Labute approximate surface area is 114 Å². The van der Waals surface area contributed by atoms with Gasteiger partial charge >= 0.3 is 0 Å². The summed E-state index contributed by atoms with van der Waals surface area (Å²) >= 11 is 3.46. The van der Waals surface area contributed by atoms with Crippen LogP contribution in [-0.4, -0.2) is 22.8 Å². The van der Waals surface area contributed by atoms with Crippen LogP contribution < -0.4 is 4.90 Å². The predicted octanol–water partition coefficient (Wildman–Crippen LogP) is 2.98. The highest BCUT2D eigenvalue weighted by Crippen LogP contribution is 2.28. The maximum Gasteiger partial charge on any atom is 0.227 e. The minimum atomic E-state index is 0.216. The molecule has 1 saturated heterocycles. The smallest absolute Gasteiger partial charge is 0.227 e. The van der Waals surface area contributed by atoms with Gasteiger partial charge in [0, 0.05) is 41.8 Å². The van der Waals surface area contributed by atoms with Crippen molar-refractivity contribution in [1.82, 2.24) is 4.98 Å². The minimum absolute atomic E-state index is 0.216. The molecule has 92 valence electrons. The molecule has 18 heavy (non-hydrogen) atoms. The van der Waals surface area contributed by atoms with E-state index in [1.165, 1.54) is 0 Å². The summed E-state index contributed by atoms with van der Waals surface area (Å²) in [5, 5.41) is 3.11. The van der Waals surface area contributed by atoms with Crippen molar-refractivity contribution < 1.29 is 4.79 Å². The van der Waals surface area contributed by atoms with E-state index in [1.54, 1.807) is 6.20 Å². The summed E-state index contributed by atoms with van der Waals surface area (Å²) in [7, 11) is 0. The van der Waals surface area contributed by atoms with Crippen LogP contribution >= 0.6 is 15.9 Å². The van der Waals surface area contributed by atoms with Crippen LogP contribution in [0.5, 0.6) is 0 Å². The van der Waals surface area contributed by atoms with Crippen molar-refractivity contribution in [1.29, 1.82) is 0 Å². The van der Waals surface area contributed by atoms with Crippen LogP contribution in [0, 0.1) is 5.92 Å². The molecule has 1 aromatic heterocycles. The number of anilines is 1. The Morgan fingerprint density at radius 1 is 1.33 bits per heavy atom. The van der Waals surface area contributed by atoms with Crippen molar-refractivity contribution in [2.24, 2.45) is 5.92 Å². The number of benzene rings is 1. The van der Waals surface area contributed by atoms with Gasteiger partial charge in [-0.15, -0.1) is 0 Å². The van der Waals surface area contributed by atoms with E-state index in [4.69, 9.17) is 0 Å². The van der Waals surface area contributed by atoms with E-state index in [0.29, 0.717) is 12.3 Å². The second-order valence-electron chi connectivity index (χ2n) is 4.64. The van der Waals surface area contributed by atoms with Crippen molar-refractivity contribution in [3.63, 3.8) is 0 Å². The Hall–Kier alpha value is -1.42. The molecule has 2 aromatic rings. The number of pyridine rings is 1. The van der Waals surface area contributed by atoms with Crippen molar-refractivity contribution in [2.45, 2.75) is 6.42 Å². The molecule has 3 nitrogen and oxygen atoms in total. The number of halogens is 1. The number of amides is 1. The second kappa shape index (κ2) is 4.69. The van der Waals surface area contributed by atoms with Gasteiger partial charge in [0.25, 0.3) is 0 Å². The fraction of sp³-hybridized carbons (Fsp3) is 0.286.